The van der Waals surface area contributed by atoms with Gasteiger partial charge in [0, 0.05) is 6.61 Å². The van der Waals surface area contributed by atoms with Crippen molar-refractivity contribution in [1.29, 1.82) is 0 Å². The van der Waals surface area contributed by atoms with Crippen LogP contribution in [0.25, 0.3) is 0 Å². The molecule has 3 nitrogen and oxygen atoms in total. The molecule has 1 N–H and O–H groups in total. The van der Waals surface area contributed by atoms with Gasteiger partial charge in [0.15, 0.2) is 16.6 Å². The SMILES string of the molecule is C[Si](C)(C)O[SiH](CCCO)O[Si](C)(C)C. The summed E-state index contributed by atoms with van der Waals surface area (Å²) in [4.78, 5) is 0. The number of rotatable bonds is 7. The van der Waals surface area contributed by atoms with Crippen LogP contribution in [-0.2, 0) is 8.23 Å². The highest BCUT2D eigenvalue weighted by molar-refractivity contribution is 6.81. The van der Waals surface area contributed by atoms with Crippen LogP contribution in [0.15, 0.2) is 0 Å². The summed E-state index contributed by atoms with van der Waals surface area (Å²) in [5, 5.41) is 8.85. The number of aliphatic hydroxyl groups excluding tert-OH is 1. The molecule has 0 unspecified atom stereocenters. The van der Waals surface area contributed by atoms with Crippen LogP contribution in [0.5, 0.6) is 0 Å². The molecule has 92 valence electrons. The molecular formula is C9H26O3Si3. The van der Waals surface area contributed by atoms with Gasteiger partial charge in [0.1, 0.15) is 0 Å². The van der Waals surface area contributed by atoms with Crippen LogP contribution in [0.4, 0.5) is 0 Å². The Morgan fingerprint density at radius 2 is 1.33 bits per heavy atom. The minimum atomic E-state index is -1.54. The molecule has 0 radical (unpaired) electrons. The molecule has 0 heterocycles. The zero-order valence-corrected chi connectivity index (χ0v) is 14.1. The standard InChI is InChI=1S/C9H26O3Si3/c1-14(2,3)11-13(9-7-8-10)12-15(4,5)6/h10,13H,7-9H2,1-6H3. The van der Waals surface area contributed by atoms with Gasteiger partial charge in [-0.05, 0) is 51.7 Å². The van der Waals surface area contributed by atoms with E-state index in [9.17, 15) is 0 Å². The maximum Gasteiger partial charge on any atom is 0.300 e. The van der Waals surface area contributed by atoms with Crippen molar-refractivity contribution in [3.05, 3.63) is 0 Å². The van der Waals surface area contributed by atoms with Gasteiger partial charge in [0.05, 0.1) is 0 Å². The van der Waals surface area contributed by atoms with Crippen LogP contribution in [0, 0.1) is 0 Å². The van der Waals surface area contributed by atoms with E-state index in [0.717, 1.165) is 12.5 Å². The lowest BCUT2D eigenvalue weighted by atomic mass is 10.5. The predicted molar refractivity (Wildman–Crippen MR) is 72.5 cm³/mol. The topological polar surface area (TPSA) is 38.7 Å². The summed E-state index contributed by atoms with van der Waals surface area (Å²) in [7, 11) is -4.52. The lowest BCUT2D eigenvalue weighted by Gasteiger charge is -2.30. The Bertz CT molecular complexity index is 158. The van der Waals surface area contributed by atoms with Gasteiger partial charge in [-0.25, -0.2) is 0 Å². The minimum Gasteiger partial charge on any atom is -0.439 e. The zero-order chi connectivity index (χ0) is 12.1. The van der Waals surface area contributed by atoms with Gasteiger partial charge < -0.3 is 13.3 Å². The third kappa shape index (κ3) is 10.8. The summed E-state index contributed by atoms with van der Waals surface area (Å²) >= 11 is 0. The number of hydrogen-bond donors (Lipinski definition) is 1. The second-order valence-electron chi connectivity index (χ2n) is 5.76. The molecule has 0 saturated heterocycles. The predicted octanol–water partition coefficient (Wildman–Crippen LogP) is 2.29. The molecule has 0 aromatic rings. The van der Waals surface area contributed by atoms with Gasteiger partial charge in [-0.15, -0.1) is 0 Å². The van der Waals surface area contributed by atoms with Crippen molar-refractivity contribution >= 4 is 25.9 Å². The Hall–Kier alpha value is 0.531. The molecular weight excluding hydrogens is 240 g/mol. The van der Waals surface area contributed by atoms with E-state index in [2.05, 4.69) is 39.3 Å². The molecule has 0 rings (SSSR count). The first-order valence-electron chi connectivity index (χ1n) is 5.60. The molecule has 15 heavy (non-hydrogen) atoms. The van der Waals surface area contributed by atoms with Gasteiger partial charge >= 0.3 is 9.28 Å². The van der Waals surface area contributed by atoms with E-state index < -0.39 is 25.9 Å². The third-order valence-electron chi connectivity index (χ3n) is 1.57. The molecule has 6 heteroatoms. The van der Waals surface area contributed by atoms with E-state index >= 15 is 0 Å². The lowest BCUT2D eigenvalue weighted by molar-refractivity contribution is 0.289. The minimum absolute atomic E-state index is 0.244. The van der Waals surface area contributed by atoms with Crippen LogP contribution in [0.3, 0.4) is 0 Å². The van der Waals surface area contributed by atoms with Crippen LogP contribution in [0.2, 0.25) is 45.3 Å². The van der Waals surface area contributed by atoms with Crippen LogP contribution in [0.1, 0.15) is 6.42 Å². The van der Waals surface area contributed by atoms with Crippen molar-refractivity contribution in [3.63, 3.8) is 0 Å². The molecule has 0 saturated carbocycles. The summed E-state index contributed by atoms with van der Waals surface area (Å²) in [6.45, 7) is 13.4. The smallest absolute Gasteiger partial charge is 0.300 e. The molecule has 0 aromatic heterocycles. The van der Waals surface area contributed by atoms with E-state index in [4.69, 9.17) is 13.3 Å². The number of aliphatic hydroxyl groups is 1. The zero-order valence-electron chi connectivity index (χ0n) is 11.0. The van der Waals surface area contributed by atoms with E-state index in [0.29, 0.717) is 0 Å². The average Bonchev–Trinajstić information content (AvgIpc) is 1.94. The van der Waals surface area contributed by atoms with Crippen LogP contribution in [-0.4, -0.2) is 37.6 Å². The van der Waals surface area contributed by atoms with Crippen molar-refractivity contribution in [3.8, 4) is 0 Å². The number of hydrogen-bond acceptors (Lipinski definition) is 3. The Labute approximate surface area is 97.9 Å². The first-order chi connectivity index (χ1) is 6.64. The molecule has 0 spiro atoms. The molecule has 0 aliphatic carbocycles. The highest BCUT2D eigenvalue weighted by atomic mass is 28.4. The van der Waals surface area contributed by atoms with Gasteiger partial charge in [-0.3, -0.25) is 0 Å². The maximum atomic E-state index is 8.85. The summed E-state index contributed by atoms with van der Waals surface area (Å²) in [5.74, 6) is 0. The fourth-order valence-corrected chi connectivity index (χ4v) is 9.58. The fraction of sp³-hybridized carbons (Fsp3) is 1.00. The van der Waals surface area contributed by atoms with E-state index in [1.165, 1.54) is 0 Å². The average molecular weight is 267 g/mol. The van der Waals surface area contributed by atoms with Crippen molar-refractivity contribution < 1.29 is 13.3 Å². The molecule has 0 amide bonds. The van der Waals surface area contributed by atoms with Crippen molar-refractivity contribution in [2.24, 2.45) is 0 Å². The lowest BCUT2D eigenvalue weighted by Crippen LogP contribution is -2.43. The van der Waals surface area contributed by atoms with Crippen molar-refractivity contribution in [2.75, 3.05) is 6.61 Å². The van der Waals surface area contributed by atoms with Gasteiger partial charge in [-0.2, -0.15) is 0 Å². The molecule has 0 bridgehead atoms. The Kier molecular flexibility index (Phi) is 6.53. The fourth-order valence-electron chi connectivity index (χ4n) is 1.19. The summed E-state index contributed by atoms with van der Waals surface area (Å²) < 4.78 is 12.2. The van der Waals surface area contributed by atoms with E-state index in [-0.39, 0.29) is 6.61 Å². The van der Waals surface area contributed by atoms with Crippen molar-refractivity contribution in [1.82, 2.24) is 0 Å². The second kappa shape index (κ2) is 6.31. The van der Waals surface area contributed by atoms with Crippen LogP contribution >= 0.6 is 0 Å². The van der Waals surface area contributed by atoms with E-state index in [1.807, 2.05) is 0 Å². The first kappa shape index (κ1) is 15.5. The highest BCUT2D eigenvalue weighted by Gasteiger charge is 2.27. The molecule has 0 aromatic carbocycles. The van der Waals surface area contributed by atoms with Crippen LogP contribution < -0.4 is 0 Å². The highest BCUT2D eigenvalue weighted by Crippen LogP contribution is 2.15. The summed E-state index contributed by atoms with van der Waals surface area (Å²) in [5.41, 5.74) is 0. The summed E-state index contributed by atoms with van der Waals surface area (Å²) in [6.07, 6.45) is 0.811. The maximum absolute atomic E-state index is 8.85. The van der Waals surface area contributed by atoms with Gasteiger partial charge in [-0.1, -0.05) is 0 Å². The quantitative estimate of drug-likeness (QED) is 0.719. The molecule has 0 fully saturated rings. The molecule has 0 aliphatic rings. The van der Waals surface area contributed by atoms with E-state index in [1.54, 1.807) is 0 Å². The summed E-state index contributed by atoms with van der Waals surface area (Å²) in [6, 6.07) is 0.936. The molecule has 0 atom stereocenters. The Balaban J connectivity index is 4.19. The monoisotopic (exact) mass is 266 g/mol. The Morgan fingerprint density at radius 1 is 0.933 bits per heavy atom. The van der Waals surface area contributed by atoms with Crippen molar-refractivity contribution in [2.45, 2.75) is 51.7 Å². The Morgan fingerprint density at radius 3 is 1.60 bits per heavy atom. The normalized spacial score (nSPS) is 13.6. The second-order valence-corrected chi connectivity index (χ2v) is 17.5. The molecule has 0 aliphatic heterocycles. The third-order valence-corrected chi connectivity index (χ3v) is 10.2. The first-order valence-corrected chi connectivity index (χ1v) is 14.2. The van der Waals surface area contributed by atoms with Gasteiger partial charge in [0.25, 0.3) is 0 Å². The van der Waals surface area contributed by atoms with Gasteiger partial charge in [0.2, 0.25) is 0 Å². The largest absolute Gasteiger partial charge is 0.439 e.